The van der Waals surface area contributed by atoms with Crippen molar-refractivity contribution in [3.8, 4) is 5.69 Å². The van der Waals surface area contributed by atoms with Gasteiger partial charge in [-0.15, -0.1) is 0 Å². The number of nitrogens with one attached hydrogen (secondary N) is 1. The molecule has 1 N–H and O–H groups in total. The maximum Gasteiger partial charge on any atom is 0.269 e. The lowest BCUT2D eigenvalue weighted by Gasteiger charge is -2.28. The van der Waals surface area contributed by atoms with Crippen molar-refractivity contribution in [2.75, 3.05) is 6.54 Å². The SMILES string of the molecule is CCCN1C(=S)N[C@@H](c2ccccn2)[C@@H]1c1cccn1-c1ccc([N+](=O)[O-])cc1. The number of aromatic nitrogens is 2. The number of nitro benzene ring substituents is 1. The summed E-state index contributed by atoms with van der Waals surface area (Å²) >= 11 is 5.64. The first-order chi connectivity index (χ1) is 14.1. The lowest BCUT2D eigenvalue weighted by molar-refractivity contribution is -0.384. The molecule has 148 valence electrons. The van der Waals surface area contributed by atoms with Crippen molar-refractivity contribution in [2.24, 2.45) is 0 Å². The van der Waals surface area contributed by atoms with Crippen molar-refractivity contribution in [1.82, 2.24) is 19.8 Å². The zero-order valence-corrected chi connectivity index (χ0v) is 16.7. The van der Waals surface area contributed by atoms with Crippen LogP contribution in [-0.4, -0.2) is 31.0 Å². The molecule has 3 aromatic rings. The van der Waals surface area contributed by atoms with Gasteiger partial charge in [0.2, 0.25) is 0 Å². The number of nitro groups is 1. The Morgan fingerprint density at radius 3 is 2.62 bits per heavy atom. The van der Waals surface area contributed by atoms with Crippen LogP contribution in [-0.2, 0) is 0 Å². The second-order valence-corrected chi connectivity index (χ2v) is 7.28. The molecule has 0 amide bonds. The van der Waals surface area contributed by atoms with Crippen LogP contribution in [0.25, 0.3) is 5.69 Å². The van der Waals surface area contributed by atoms with Crippen molar-refractivity contribution in [3.63, 3.8) is 0 Å². The average molecular weight is 407 g/mol. The molecular weight excluding hydrogens is 386 g/mol. The van der Waals surface area contributed by atoms with Gasteiger partial charge in [-0.1, -0.05) is 13.0 Å². The van der Waals surface area contributed by atoms with E-state index in [0.29, 0.717) is 5.11 Å². The fourth-order valence-electron chi connectivity index (χ4n) is 3.81. The van der Waals surface area contributed by atoms with Crippen molar-refractivity contribution < 1.29 is 4.92 Å². The summed E-state index contributed by atoms with van der Waals surface area (Å²) in [5.74, 6) is 0. The number of non-ortho nitro benzene ring substituents is 1. The first-order valence-electron chi connectivity index (χ1n) is 9.50. The molecule has 8 heteroatoms. The highest BCUT2D eigenvalue weighted by Crippen LogP contribution is 2.39. The molecule has 3 heterocycles. The summed E-state index contributed by atoms with van der Waals surface area (Å²) in [5.41, 5.74) is 2.92. The van der Waals surface area contributed by atoms with E-state index in [0.717, 1.165) is 30.0 Å². The molecule has 2 atom stereocenters. The van der Waals surface area contributed by atoms with Crippen LogP contribution in [0, 0.1) is 10.1 Å². The molecule has 1 saturated heterocycles. The Balaban J connectivity index is 1.77. The maximum absolute atomic E-state index is 11.0. The summed E-state index contributed by atoms with van der Waals surface area (Å²) in [6, 6.07) is 16.4. The Morgan fingerprint density at radius 2 is 1.97 bits per heavy atom. The molecule has 2 aromatic heterocycles. The highest BCUT2D eigenvalue weighted by atomic mass is 32.1. The van der Waals surface area contributed by atoms with E-state index in [1.165, 1.54) is 12.1 Å². The van der Waals surface area contributed by atoms with Crippen LogP contribution in [0.4, 0.5) is 5.69 Å². The van der Waals surface area contributed by atoms with E-state index in [-0.39, 0.29) is 22.7 Å². The number of rotatable bonds is 6. The minimum absolute atomic E-state index is 0.0393. The van der Waals surface area contributed by atoms with Crippen LogP contribution in [0.5, 0.6) is 0 Å². The van der Waals surface area contributed by atoms with Gasteiger partial charge >= 0.3 is 0 Å². The maximum atomic E-state index is 11.0. The Labute approximate surface area is 174 Å². The zero-order chi connectivity index (χ0) is 20.4. The van der Waals surface area contributed by atoms with E-state index in [1.807, 2.05) is 30.5 Å². The second-order valence-electron chi connectivity index (χ2n) is 6.90. The number of benzene rings is 1. The smallest absolute Gasteiger partial charge is 0.269 e. The lowest BCUT2D eigenvalue weighted by Crippen LogP contribution is -2.31. The monoisotopic (exact) mass is 407 g/mol. The molecule has 1 fully saturated rings. The Hall–Kier alpha value is -3.26. The standard InChI is InChI=1S/C21H21N5O2S/c1-2-13-25-20(19(23-21(25)29)17-6-3-4-12-22-17)18-7-5-14-24(18)15-8-10-16(11-9-15)26(27)28/h3-12,14,19-20H,2,13H2,1H3,(H,23,29)/t19-,20-/m0/s1. The topological polar surface area (TPSA) is 76.2 Å². The first-order valence-corrected chi connectivity index (χ1v) is 9.91. The number of hydrogen-bond acceptors (Lipinski definition) is 4. The molecule has 0 unspecified atom stereocenters. The lowest BCUT2D eigenvalue weighted by atomic mass is 10.0. The van der Waals surface area contributed by atoms with Gasteiger partial charge < -0.3 is 14.8 Å². The normalized spacial score (nSPS) is 18.7. The second kappa shape index (κ2) is 8.00. The van der Waals surface area contributed by atoms with E-state index in [1.54, 1.807) is 18.3 Å². The van der Waals surface area contributed by atoms with Crippen molar-refractivity contribution in [1.29, 1.82) is 0 Å². The van der Waals surface area contributed by atoms with Crippen molar-refractivity contribution in [2.45, 2.75) is 25.4 Å². The van der Waals surface area contributed by atoms with Crippen LogP contribution >= 0.6 is 12.2 Å². The number of thiocarbonyl (C=S) groups is 1. The molecule has 0 radical (unpaired) electrons. The minimum atomic E-state index is -0.389. The van der Waals surface area contributed by atoms with Gasteiger partial charge in [-0.25, -0.2) is 0 Å². The first kappa shape index (κ1) is 19.1. The highest BCUT2D eigenvalue weighted by Gasteiger charge is 2.40. The fourth-order valence-corrected chi connectivity index (χ4v) is 4.15. The van der Waals surface area contributed by atoms with Gasteiger partial charge in [0, 0.05) is 42.5 Å². The summed E-state index contributed by atoms with van der Waals surface area (Å²) in [4.78, 5) is 17.3. The highest BCUT2D eigenvalue weighted by molar-refractivity contribution is 7.80. The molecular formula is C21H21N5O2S. The molecule has 29 heavy (non-hydrogen) atoms. The molecule has 7 nitrogen and oxygen atoms in total. The molecule has 0 bridgehead atoms. The minimum Gasteiger partial charge on any atom is -0.352 e. The van der Waals surface area contributed by atoms with Crippen LogP contribution in [0.15, 0.2) is 67.0 Å². The summed E-state index contributed by atoms with van der Waals surface area (Å²) in [6.07, 6.45) is 4.72. The van der Waals surface area contributed by atoms with Gasteiger partial charge in [0.15, 0.2) is 5.11 Å². The van der Waals surface area contributed by atoms with Crippen LogP contribution in [0.1, 0.15) is 36.8 Å². The predicted octanol–water partition coefficient (Wildman–Crippen LogP) is 4.16. The Morgan fingerprint density at radius 1 is 1.17 bits per heavy atom. The van der Waals surface area contributed by atoms with E-state index < -0.39 is 0 Å². The summed E-state index contributed by atoms with van der Waals surface area (Å²) in [7, 11) is 0. The van der Waals surface area contributed by atoms with Gasteiger partial charge in [0.05, 0.1) is 22.7 Å². The van der Waals surface area contributed by atoms with E-state index in [2.05, 4.69) is 32.8 Å². The van der Waals surface area contributed by atoms with Crippen LogP contribution in [0.2, 0.25) is 0 Å². The Kier molecular flexibility index (Phi) is 5.26. The van der Waals surface area contributed by atoms with E-state index >= 15 is 0 Å². The fraction of sp³-hybridized carbons (Fsp3) is 0.238. The third-order valence-electron chi connectivity index (χ3n) is 5.08. The predicted molar refractivity (Wildman–Crippen MR) is 115 cm³/mol. The molecule has 0 saturated carbocycles. The summed E-state index contributed by atoms with van der Waals surface area (Å²) < 4.78 is 2.06. The van der Waals surface area contributed by atoms with Crippen LogP contribution < -0.4 is 5.32 Å². The average Bonchev–Trinajstić information content (AvgIpc) is 3.34. The van der Waals surface area contributed by atoms with E-state index in [9.17, 15) is 10.1 Å². The van der Waals surface area contributed by atoms with Gasteiger partial charge in [-0.05, 0) is 55.0 Å². The molecule has 1 aromatic carbocycles. The quantitative estimate of drug-likeness (QED) is 0.376. The number of pyridine rings is 1. The Bertz CT molecular complexity index is 1020. The summed E-state index contributed by atoms with van der Waals surface area (Å²) in [6.45, 7) is 2.95. The number of hydrogen-bond donors (Lipinski definition) is 1. The van der Waals surface area contributed by atoms with Gasteiger partial charge in [-0.2, -0.15) is 0 Å². The number of nitrogens with zero attached hydrogens (tertiary/aromatic N) is 4. The third kappa shape index (κ3) is 3.58. The molecule has 1 aliphatic rings. The van der Waals surface area contributed by atoms with Crippen molar-refractivity contribution >= 4 is 23.0 Å². The van der Waals surface area contributed by atoms with Crippen LogP contribution in [0.3, 0.4) is 0 Å². The largest absolute Gasteiger partial charge is 0.352 e. The van der Waals surface area contributed by atoms with E-state index in [4.69, 9.17) is 12.2 Å². The molecule has 4 rings (SSSR count). The van der Waals surface area contributed by atoms with Crippen molar-refractivity contribution in [3.05, 3.63) is 88.5 Å². The summed E-state index contributed by atoms with van der Waals surface area (Å²) in [5, 5.41) is 15.1. The van der Waals surface area contributed by atoms with Gasteiger partial charge in [0.25, 0.3) is 5.69 Å². The van der Waals surface area contributed by atoms with Gasteiger partial charge in [0.1, 0.15) is 0 Å². The molecule has 0 aliphatic carbocycles. The zero-order valence-electron chi connectivity index (χ0n) is 15.9. The van der Waals surface area contributed by atoms with Gasteiger partial charge in [-0.3, -0.25) is 15.1 Å². The molecule has 1 aliphatic heterocycles. The molecule has 0 spiro atoms. The third-order valence-corrected chi connectivity index (χ3v) is 5.44.